The predicted octanol–water partition coefficient (Wildman–Crippen LogP) is 5.31. The summed E-state index contributed by atoms with van der Waals surface area (Å²) in [6, 6.07) is 20.5. The molecule has 1 fully saturated rings. The van der Waals surface area contributed by atoms with Crippen molar-refractivity contribution >= 4 is 34.6 Å². The predicted molar refractivity (Wildman–Crippen MR) is 153 cm³/mol. The minimum Gasteiger partial charge on any atom is -0.497 e. The van der Waals surface area contributed by atoms with Crippen molar-refractivity contribution < 1.29 is 19.0 Å². The third-order valence-corrected chi connectivity index (χ3v) is 7.27. The van der Waals surface area contributed by atoms with Gasteiger partial charge in [-0.25, -0.2) is 9.97 Å². The molecule has 2 aromatic heterocycles. The first-order valence-electron chi connectivity index (χ1n) is 12.8. The molecule has 0 unspecified atom stereocenters. The zero-order chi connectivity index (χ0) is 26.9. The van der Waals surface area contributed by atoms with Crippen LogP contribution < -0.4 is 20.1 Å². The maximum Gasteiger partial charge on any atom is 0.265 e. The Morgan fingerprint density at radius 1 is 1.03 bits per heavy atom. The Balaban J connectivity index is 1.14. The van der Waals surface area contributed by atoms with Gasteiger partial charge >= 0.3 is 0 Å². The van der Waals surface area contributed by atoms with E-state index in [9.17, 15) is 4.79 Å². The molecule has 1 saturated heterocycles. The van der Waals surface area contributed by atoms with Gasteiger partial charge in [0.2, 0.25) is 5.95 Å². The number of ether oxygens (including phenoxy) is 3. The number of anilines is 3. The first kappa shape index (κ1) is 26.6. The van der Waals surface area contributed by atoms with Gasteiger partial charge in [-0.2, -0.15) is 0 Å². The summed E-state index contributed by atoms with van der Waals surface area (Å²) < 4.78 is 16.5. The fraction of sp³-hybridized carbons (Fsp3) is 0.276. The highest BCUT2D eigenvalue weighted by Crippen LogP contribution is 2.29. The number of morpholine rings is 1. The summed E-state index contributed by atoms with van der Waals surface area (Å²) in [5.74, 6) is 1.80. The van der Waals surface area contributed by atoms with Crippen molar-refractivity contribution in [1.82, 2.24) is 14.9 Å². The van der Waals surface area contributed by atoms with Crippen molar-refractivity contribution in [3.05, 3.63) is 77.8 Å². The van der Waals surface area contributed by atoms with Gasteiger partial charge in [-0.3, -0.25) is 9.69 Å². The largest absolute Gasteiger partial charge is 0.497 e. The van der Waals surface area contributed by atoms with E-state index in [2.05, 4.69) is 25.5 Å². The first-order chi connectivity index (χ1) is 19.2. The Morgan fingerprint density at radius 3 is 2.69 bits per heavy atom. The van der Waals surface area contributed by atoms with Crippen LogP contribution in [0.4, 0.5) is 17.3 Å². The Hall–Kier alpha value is -3.99. The van der Waals surface area contributed by atoms with Gasteiger partial charge in [0.1, 0.15) is 11.5 Å². The van der Waals surface area contributed by atoms with Crippen LogP contribution in [0.25, 0.3) is 10.6 Å². The fourth-order valence-electron chi connectivity index (χ4n) is 4.11. The zero-order valence-corrected chi connectivity index (χ0v) is 22.6. The second kappa shape index (κ2) is 13.2. The van der Waals surface area contributed by atoms with Gasteiger partial charge in [-0.1, -0.05) is 6.07 Å². The maximum atomic E-state index is 12.7. The number of methoxy groups -OCH3 is 1. The minimum absolute atomic E-state index is 0.185. The molecule has 2 N–H and O–H groups in total. The normalized spacial score (nSPS) is 13.6. The average Bonchev–Trinajstić information content (AvgIpc) is 3.48. The highest BCUT2D eigenvalue weighted by Gasteiger charge is 2.13. The van der Waals surface area contributed by atoms with Gasteiger partial charge in [-0.05, 0) is 61.0 Å². The summed E-state index contributed by atoms with van der Waals surface area (Å²) in [5, 5.41) is 6.15. The maximum absolute atomic E-state index is 12.7. The van der Waals surface area contributed by atoms with Gasteiger partial charge in [0.25, 0.3) is 5.91 Å². The molecule has 0 saturated carbocycles. The highest BCUT2D eigenvalue weighted by atomic mass is 32.1. The molecular weight excluding hydrogens is 514 g/mol. The van der Waals surface area contributed by atoms with Gasteiger partial charge in [0, 0.05) is 43.3 Å². The molecule has 0 aliphatic carbocycles. The molecule has 0 bridgehead atoms. The molecule has 1 amide bonds. The summed E-state index contributed by atoms with van der Waals surface area (Å²) >= 11 is 1.37. The van der Waals surface area contributed by atoms with Crippen molar-refractivity contribution in [2.45, 2.75) is 6.42 Å². The second-order valence-corrected chi connectivity index (χ2v) is 10.0. The van der Waals surface area contributed by atoms with Crippen molar-refractivity contribution in [3.63, 3.8) is 0 Å². The number of rotatable bonds is 11. The molecule has 0 spiro atoms. The van der Waals surface area contributed by atoms with Crippen LogP contribution in [0.3, 0.4) is 0 Å². The number of hydrogen-bond donors (Lipinski definition) is 2. The lowest BCUT2D eigenvalue weighted by atomic mass is 10.3. The summed E-state index contributed by atoms with van der Waals surface area (Å²) in [4.78, 5) is 25.6. The third-order valence-electron chi connectivity index (χ3n) is 6.17. The molecule has 0 atom stereocenters. The Labute approximate surface area is 231 Å². The molecule has 1 aliphatic heterocycles. The Bertz CT molecular complexity index is 1370. The zero-order valence-electron chi connectivity index (χ0n) is 21.8. The van der Waals surface area contributed by atoms with E-state index in [1.54, 1.807) is 25.4 Å². The molecular formula is C29H31N5O4S. The monoisotopic (exact) mass is 545 g/mol. The van der Waals surface area contributed by atoms with Crippen LogP contribution in [0.15, 0.2) is 72.9 Å². The van der Waals surface area contributed by atoms with Crippen molar-refractivity contribution in [1.29, 1.82) is 0 Å². The van der Waals surface area contributed by atoms with E-state index in [4.69, 9.17) is 14.2 Å². The number of carbonyl (C=O) groups excluding carboxylic acids is 1. The van der Waals surface area contributed by atoms with Crippen LogP contribution in [-0.4, -0.2) is 67.3 Å². The number of benzene rings is 2. The second-order valence-electron chi connectivity index (χ2n) is 8.92. The van der Waals surface area contributed by atoms with E-state index in [1.807, 2.05) is 54.6 Å². The molecule has 10 heteroatoms. The standard InChI is InChI=1S/C29H31N5O4S/c1-36-24-5-2-4-22(20-24)31-28(35)27-11-10-26(39-27)25-12-13-30-29(33-25)32-21-6-8-23(9-7-21)38-17-3-14-34-15-18-37-19-16-34/h2,4-13,20H,3,14-19H2,1H3,(H,31,35)(H,30,32,33). The molecule has 0 radical (unpaired) electrons. The fourth-order valence-corrected chi connectivity index (χ4v) is 4.98. The SMILES string of the molecule is COc1cccc(NC(=O)c2ccc(-c3ccnc(Nc4ccc(OCCCN5CCOCC5)cc4)n3)s2)c1. The Morgan fingerprint density at radius 2 is 1.87 bits per heavy atom. The highest BCUT2D eigenvalue weighted by molar-refractivity contribution is 7.17. The lowest BCUT2D eigenvalue weighted by Crippen LogP contribution is -2.37. The lowest BCUT2D eigenvalue weighted by molar-refractivity contribution is 0.0358. The summed E-state index contributed by atoms with van der Waals surface area (Å²) in [7, 11) is 1.59. The quantitative estimate of drug-likeness (QED) is 0.245. The number of nitrogens with one attached hydrogen (secondary N) is 2. The van der Waals surface area contributed by atoms with Crippen LogP contribution in [0.5, 0.6) is 11.5 Å². The van der Waals surface area contributed by atoms with Gasteiger partial charge in [0.15, 0.2) is 0 Å². The minimum atomic E-state index is -0.185. The molecule has 4 aromatic rings. The summed E-state index contributed by atoms with van der Waals surface area (Å²) in [6.07, 6.45) is 2.68. The lowest BCUT2D eigenvalue weighted by Gasteiger charge is -2.26. The van der Waals surface area contributed by atoms with Crippen molar-refractivity contribution in [3.8, 4) is 22.1 Å². The number of nitrogens with zero attached hydrogens (tertiary/aromatic N) is 3. The van der Waals surface area contributed by atoms with E-state index < -0.39 is 0 Å². The number of carbonyl (C=O) groups is 1. The molecule has 3 heterocycles. The van der Waals surface area contributed by atoms with Crippen LogP contribution in [0.2, 0.25) is 0 Å². The molecule has 5 rings (SSSR count). The summed E-state index contributed by atoms with van der Waals surface area (Å²) in [5.41, 5.74) is 2.27. The van der Waals surface area contributed by atoms with E-state index in [0.717, 1.165) is 61.3 Å². The van der Waals surface area contributed by atoms with Crippen molar-refractivity contribution in [2.24, 2.45) is 0 Å². The van der Waals surface area contributed by atoms with Crippen molar-refractivity contribution in [2.75, 3.05) is 57.2 Å². The van der Waals surface area contributed by atoms with E-state index >= 15 is 0 Å². The van der Waals surface area contributed by atoms with Crippen LogP contribution >= 0.6 is 11.3 Å². The smallest absolute Gasteiger partial charge is 0.265 e. The van der Waals surface area contributed by atoms with Gasteiger partial charge < -0.3 is 24.8 Å². The number of thiophene rings is 1. The first-order valence-corrected chi connectivity index (χ1v) is 13.7. The summed E-state index contributed by atoms with van der Waals surface area (Å²) in [6.45, 7) is 5.33. The van der Waals surface area contributed by atoms with Crippen LogP contribution in [0.1, 0.15) is 16.1 Å². The average molecular weight is 546 g/mol. The van der Waals surface area contributed by atoms with E-state index in [-0.39, 0.29) is 5.91 Å². The van der Waals surface area contributed by atoms with Gasteiger partial charge in [0.05, 0.1) is 42.4 Å². The number of amides is 1. The topological polar surface area (TPSA) is 97.8 Å². The molecule has 9 nitrogen and oxygen atoms in total. The van der Waals surface area contributed by atoms with E-state index in [0.29, 0.717) is 28.9 Å². The molecule has 2 aromatic carbocycles. The van der Waals surface area contributed by atoms with Crippen LogP contribution in [-0.2, 0) is 4.74 Å². The number of hydrogen-bond acceptors (Lipinski definition) is 9. The number of aromatic nitrogens is 2. The van der Waals surface area contributed by atoms with Crippen LogP contribution in [0, 0.1) is 0 Å². The third kappa shape index (κ3) is 7.53. The molecule has 39 heavy (non-hydrogen) atoms. The van der Waals surface area contributed by atoms with Gasteiger partial charge in [-0.15, -0.1) is 11.3 Å². The Kier molecular flexibility index (Phi) is 9.00. The van der Waals surface area contributed by atoms with E-state index in [1.165, 1.54) is 11.3 Å². The molecule has 202 valence electrons. The molecule has 1 aliphatic rings.